The Morgan fingerprint density at radius 2 is 1.75 bits per heavy atom. The summed E-state index contributed by atoms with van der Waals surface area (Å²) in [5, 5.41) is 0. The Kier molecular flexibility index (Phi) is 10.9. The minimum Gasteiger partial charge on any atom is -0.412 e. The van der Waals surface area contributed by atoms with Crippen LogP contribution in [0.25, 0.3) is 0 Å². The van der Waals surface area contributed by atoms with Crippen molar-refractivity contribution in [1.29, 1.82) is 0 Å². The molecule has 2 unspecified atom stereocenters. The van der Waals surface area contributed by atoms with Crippen molar-refractivity contribution in [3.8, 4) is 0 Å². The van der Waals surface area contributed by atoms with Gasteiger partial charge in [0.2, 0.25) is 0 Å². The molecular formula is C11H26O. The van der Waals surface area contributed by atoms with Crippen LogP contribution in [0.3, 0.4) is 0 Å². The molecule has 1 heteroatoms. The van der Waals surface area contributed by atoms with E-state index in [4.69, 9.17) is 0 Å². The van der Waals surface area contributed by atoms with Crippen molar-refractivity contribution in [3.05, 3.63) is 0 Å². The minimum atomic E-state index is 0. The van der Waals surface area contributed by atoms with E-state index in [-0.39, 0.29) is 5.48 Å². The first-order chi connectivity index (χ1) is 5.34. The summed E-state index contributed by atoms with van der Waals surface area (Å²) in [7, 11) is 0. The van der Waals surface area contributed by atoms with Crippen molar-refractivity contribution in [2.45, 2.75) is 59.8 Å². The average molecular weight is 174 g/mol. The number of hydrogen-bond acceptors (Lipinski definition) is 0. The molecule has 1 saturated carbocycles. The van der Waals surface area contributed by atoms with E-state index < -0.39 is 0 Å². The van der Waals surface area contributed by atoms with Crippen molar-refractivity contribution >= 4 is 0 Å². The lowest BCUT2D eigenvalue weighted by molar-refractivity contribution is 0.388. The first-order valence-corrected chi connectivity index (χ1v) is 5.34. The molecule has 0 bridgehead atoms. The first kappa shape index (κ1) is 14.5. The number of rotatable bonds is 2. The zero-order valence-electron chi connectivity index (χ0n) is 9.19. The van der Waals surface area contributed by atoms with E-state index in [2.05, 4.69) is 13.8 Å². The Morgan fingerprint density at radius 3 is 2.08 bits per heavy atom. The number of hydrogen-bond donors (Lipinski definition) is 0. The fourth-order valence-electron chi connectivity index (χ4n) is 2.02. The third-order valence-electron chi connectivity index (χ3n) is 2.70. The van der Waals surface area contributed by atoms with Crippen LogP contribution in [0.5, 0.6) is 0 Å². The third-order valence-corrected chi connectivity index (χ3v) is 2.70. The maximum atomic E-state index is 2.41. The normalized spacial score (nSPS) is 27.0. The van der Waals surface area contributed by atoms with Crippen LogP contribution in [-0.4, -0.2) is 5.48 Å². The average Bonchev–Trinajstić information content (AvgIpc) is 2.42. The van der Waals surface area contributed by atoms with Crippen LogP contribution >= 0.6 is 0 Å². The molecule has 0 aromatic rings. The molecule has 0 aliphatic heterocycles. The Hall–Kier alpha value is -0.0400. The topological polar surface area (TPSA) is 31.5 Å². The highest BCUT2D eigenvalue weighted by molar-refractivity contribution is 4.73. The fourth-order valence-corrected chi connectivity index (χ4v) is 2.02. The standard InChI is InChI=1S/C9H18.C2H6.H2O/c1-3-5-9-7-4-6-8(9)2;1-2;/h8-9H,3-7H2,1-2H3;1-2H3;1H2. The predicted octanol–water partition coefficient (Wildman–Crippen LogP) is 3.42. The van der Waals surface area contributed by atoms with Crippen LogP contribution in [0, 0.1) is 11.8 Å². The SMILES string of the molecule is CC.CCCC1CCCC1C.O. The summed E-state index contributed by atoms with van der Waals surface area (Å²) in [4.78, 5) is 0. The van der Waals surface area contributed by atoms with Crippen LogP contribution in [0.2, 0.25) is 0 Å². The van der Waals surface area contributed by atoms with Gasteiger partial charge in [0.25, 0.3) is 0 Å². The summed E-state index contributed by atoms with van der Waals surface area (Å²) < 4.78 is 0. The van der Waals surface area contributed by atoms with E-state index in [1.54, 1.807) is 0 Å². The summed E-state index contributed by atoms with van der Waals surface area (Å²) in [5.74, 6) is 2.11. The van der Waals surface area contributed by atoms with Crippen LogP contribution in [0.15, 0.2) is 0 Å². The Morgan fingerprint density at radius 1 is 1.17 bits per heavy atom. The second kappa shape index (κ2) is 9.05. The molecule has 0 saturated heterocycles. The van der Waals surface area contributed by atoms with Gasteiger partial charge in [0.05, 0.1) is 0 Å². The third kappa shape index (κ3) is 4.76. The summed E-state index contributed by atoms with van der Waals surface area (Å²) in [6.45, 7) is 8.71. The summed E-state index contributed by atoms with van der Waals surface area (Å²) in [6.07, 6.45) is 7.35. The molecule has 0 heterocycles. The largest absolute Gasteiger partial charge is 0.412 e. The quantitative estimate of drug-likeness (QED) is 0.614. The van der Waals surface area contributed by atoms with Crippen LogP contribution in [0.4, 0.5) is 0 Å². The maximum absolute atomic E-state index is 2.41. The van der Waals surface area contributed by atoms with E-state index in [0.717, 1.165) is 11.8 Å². The van der Waals surface area contributed by atoms with E-state index >= 15 is 0 Å². The highest BCUT2D eigenvalue weighted by Gasteiger charge is 2.21. The predicted molar refractivity (Wildman–Crippen MR) is 56.4 cm³/mol. The molecule has 0 radical (unpaired) electrons. The molecule has 1 fully saturated rings. The molecule has 2 N–H and O–H groups in total. The molecular weight excluding hydrogens is 148 g/mol. The zero-order chi connectivity index (χ0) is 8.69. The Labute approximate surface area is 77.9 Å². The van der Waals surface area contributed by atoms with Crippen molar-refractivity contribution in [3.63, 3.8) is 0 Å². The molecule has 1 aliphatic carbocycles. The van der Waals surface area contributed by atoms with Gasteiger partial charge in [0, 0.05) is 0 Å². The molecule has 1 aliphatic rings. The van der Waals surface area contributed by atoms with Gasteiger partial charge in [-0.2, -0.15) is 0 Å². The van der Waals surface area contributed by atoms with Gasteiger partial charge in [-0.1, -0.05) is 59.8 Å². The Bertz CT molecular complexity index is 81.1. The molecule has 76 valence electrons. The minimum absolute atomic E-state index is 0. The fraction of sp³-hybridized carbons (Fsp3) is 1.00. The lowest BCUT2D eigenvalue weighted by Gasteiger charge is -2.12. The molecule has 1 nitrogen and oxygen atoms in total. The van der Waals surface area contributed by atoms with Gasteiger partial charge >= 0.3 is 0 Å². The Balaban J connectivity index is 0. The monoisotopic (exact) mass is 174 g/mol. The smallest absolute Gasteiger partial charge is 0.0389 e. The molecule has 0 aromatic carbocycles. The van der Waals surface area contributed by atoms with E-state index in [0.29, 0.717) is 0 Å². The highest BCUT2D eigenvalue weighted by atomic mass is 16.0. The van der Waals surface area contributed by atoms with E-state index in [1.807, 2.05) is 13.8 Å². The van der Waals surface area contributed by atoms with Crippen LogP contribution < -0.4 is 0 Å². The zero-order valence-corrected chi connectivity index (χ0v) is 9.19. The van der Waals surface area contributed by atoms with Gasteiger partial charge in [-0.05, 0) is 11.8 Å². The van der Waals surface area contributed by atoms with E-state index in [9.17, 15) is 0 Å². The van der Waals surface area contributed by atoms with Gasteiger partial charge in [0.1, 0.15) is 0 Å². The first-order valence-electron chi connectivity index (χ1n) is 5.34. The second-order valence-electron chi connectivity index (χ2n) is 3.46. The lowest BCUT2D eigenvalue weighted by atomic mass is 9.94. The van der Waals surface area contributed by atoms with Gasteiger partial charge in [-0.25, -0.2) is 0 Å². The maximum Gasteiger partial charge on any atom is -0.0389 e. The van der Waals surface area contributed by atoms with Gasteiger partial charge in [-0.3, -0.25) is 0 Å². The van der Waals surface area contributed by atoms with Gasteiger partial charge < -0.3 is 5.48 Å². The summed E-state index contributed by atoms with van der Waals surface area (Å²) in [6, 6.07) is 0. The summed E-state index contributed by atoms with van der Waals surface area (Å²) in [5.41, 5.74) is 0. The van der Waals surface area contributed by atoms with Crippen molar-refractivity contribution in [1.82, 2.24) is 0 Å². The van der Waals surface area contributed by atoms with Crippen LogP contribution in [-0.2, 0) is 0 Å². The van der Waals surface area contributed by atoms with Crippen molar-refractivity contribution in [2.24, 2.45) is 11.8 Å². The van der Waals surface area contributed by atoms with Crippen molar-refractivity contribution < 1.29 is 5.48 Å². The molecule has 0 amide bonds. The van der Waals surface area contributed by atoms with E-state index in [1.165, 1.54) is 32.1 Å². The molecule has 1 rings (SSSR count). The van der Waals surface area contributed by atoms with Crippen LogP contribution in [0.1, 0.15) is 59.8 Å². The summed E-state index contributed by atoms with van der Waals surface area (Å²) >= 11 is 0. The van der Waals surface area contributed by atoms with Gasteiger partial charge in [-0.15, -0.1) is 0 Å². The second-order valence-corrected chi connectivity index (χ2v) is 3.46. The lowest BCUT2D eigenvalue weighted by Crippen LogP contribution is -2.02. The highest BCUT2D eigenvalue weighted by Crippen LogP contribution is 2.33. The molecule has 12 heavy (non-hydrogen) atoms. The molecule has 0 aromatic heterocycles. The van der Waals surface area contributed by atoms with Gasteiger partial charge in [0.15, 0.2) is 0 Å². The molecule has 2 atom stereocenters. The van der Waals surface area contributed by atoms with Crippen molar-refractivity contribution in [2.75, 3.05) is 0 Å². The molecule has 0 spiro atoms.